The molecular weight excluding hydrogens is 306 g/mol. The first-order valence-electron chi connectivity index (χ1n) is 8.67. The smallest absolute Gasteiger partial charge is 0.268 e. The van der Waals surface area contributed by atoms with Gasteiger partial charge in [0.25, 0.3) is 5.91 Å². The maximum atomic E-state index is 12.7. The van der Waals surface area contributed by atoms with Crippen molar-refractivity contribution in [2.24, 2.45) is 0 Å². The van der Waals surface area contributed by atoms with E-state index in [1.54, 1.807) is 4.90 Å². The zero-order valence-corrected chi connectivity index (χ0v) is 14.7. The number of amides is 2. The van der Waals surface area contributed by atoms with Crippen LogP contribution in [0, 0.1) is 6.92 Å². The number of hydrogen-bond acceptors (Lipinski definition) is 3. The molecule has 130 valence electrons. The van der Waals surface area contributed by atoms with Gasteiger partial charge in [-0.1, -0.05) is 13.0 Å². The van der Waals surface area contributed by atoms with Crippen molar-refractivity contribution in [2.75, 3.05) is 44.7 Å². The summed E-state index contributed by atoms with van der Waals surface area (Å²) in [6.45, 7) is 7.40. The summed E-state index contributed by atoms with van der Waals surface area (Å²) >= 11 is 0. The van der Waals surface area contributed by atoms with Crippen molar-refractivity contribution in [1.82, 2.24) is 4.90 Å². The Morgan fingerprint density at radius 3 is 2.71 bits per heavy atom. The van der Waals surface area contributed by atoms with Crippen LogP contribution in [0.2, 0.25) is 0 Å². The quantitative estimate of drug-likeness (QED) is 0.838. The van der Waals surface area contributed by atoms with E-state index in [1.165, 1.54) is 4.90 Å². The Labute approximate surface area is 143 Å². The lowest BCUT2D eigenvalue weighted by Crippen LogP contribution is -3.12. The number of ether oxygens (including phenoxy) is 1. The number of piperazine rings is 1. The SMILES string of the molecule is CCC1Oc2ccc(C)cc2N(CC(=O)N2CC[NH+](C)CC2)C1=O. The average molecular weight is 332 g/mol. The standard InChI is InChI=1S/C18H25N3O3/c1-4-15-18(23)21(14-11-13(2)5-6-16(14)24-15)12-17(22)20-9-7-19(3)8-10-20/h5-6,11,15H,4,7-10,12H2,1-3H3/p+1. The van der Waals surface area contributed by atoms with E-state index >= 15 is 0 Å². The monoisotopic (exact) mass is 332 g/mol. The number of carbonyl (C=O) groups is 2. The van der Waals surface area contributed by atoms with Crippen molar-refractivity contribution < 1.29 is 19.2 Å². The summed E-state index contributed by atoms with van der Waals surface area (Å²) in [5.74, 6) is 0.575. The number of hydrogen-bond donors (Lipinski definition) is 1. The van der Waals surface area contributed by atoms with Gasteiger partial charge in [0.15, 0.2) is 6.10 Å². The molecule has 1 aromatic carbocycles. The number of carbonyl (C=O) groups excluding carboxylic acids is 2. The maximum Gasteiger partial charge on any atom is 0.268 e. The van der Waals surface area contributed by atoms with E-state index in [0.717, 1.165) is 31.7 Å². The van der Waals surface area contributed by atoms with Gasteiger partial charge in [0.05, 0.1) is 38.9 Å². The van der Waals surface area contributed by atoms with E-state index in [2.05, 4.69) is 7.05 Å². The summed E-state index contributed by atoms with van der Waals surface area (Å²) < 4.78 is 5.80. The number of nitrogens with one attached hydrogen (secondary N) is 1. The number of rotatable bonds is 3. The molecule has 6 nitrogen and oxygen atoms in total. The topological polar surface area (TPSA) is 54.3 Å². The molecule has 6 heteroatoms. The first kappa shape index (κ1) is 16.8. The zero-order chi connectivity index (χ0) is 17.3. The third-order valence-corrected chi connectivity index (χ3v) is 4.85. The van der Waals surface area contributed by atoms with E-state index in [1.807, 2.05) is 36.9 Å². The second kappa shape index (κ2) is 6.81. The van der Waals surface area contributed by atoms with Gasteiger partial charge < -0.3 is 14.5 Å². The highest BCUT2D eigenvalue weighted by molar-refractivity contribution is 6.03. The van der Waals surface area contributed by atoms with Crippen molar-refractivity contribution in [2.45, 2.75) is 26.4 Å². The molecule has 0 spiro atoms. The van der Waals surface area contributed by atoms with E-state index in [-0.39, 0.29) is 18.4 Å². The summed E-state index contributed by atoms with van der Waals surface area (Å²) in [7, 11) is 2.14. The van der Waals surface area contributed by atoms with Crippen molar-refractivity contribution >= 4 is 17.5 Å². The fraction of sp³-hybridized carbons (Fsp3) is 0.556. The molecule has 1 fully saturated rings. The molecule has 1 unspecified atom stereocenters. The molecule has 0 aliphatic carbocycles. The fourth-order valence-electron chi connectivity index (χ4n) is 3.23. The van der Waals surface area contributed by atoms with Crippen LogP contribution in [0.25, 0.3) is 0 Å². The third-order valence-electron chi connectivity index (χ3n) is 4.85. The van der Waals surface area contributed by atoms with Gasteiger partial charge in [-0.2, -0.15) is 0 Å². The molecule has 2 aliphatic heterocycles. The molecule has 3 rings (SSSR count). The largest absolute Gasteiger partial charge is 0.478 e. The molecule has 0 radical (unpaired) electrons. The van der Waals surface area contributed by atoms with Crippen molar-refractivity contribution in [3.05, 3.63) is 23.8 Å². The molecule has 2 amide bonds. The number of nitrogens with zero attached hydrogens (tertiary/aromatic N) is 2. The Morgan fingerprint density at radius 2 is 2.04 bits per heavy atom. The highest BCUT2D eigenvalue weighted by Gasteiger charge is 2.35. The first-order chi connectivity index (χ1) is 11.5. The van der Waals surface area contributed by atoms with Gasteiger partial charge >= 0.3 is 0 Å². The summed E-state index contributed by atoms with van der Waals surface area (Å²) in [6, 6.07) is 5.77. The zero-order valence-electron chi connectivity index (χ0n) is 14.7. The van der Waals surface area contributed by atoms with E-state index in [4.69, 9.17) is 4.74 Å². The van der Waals surface area contributed by atoms with Gasteiger partial charge in [-0.25, -0.2) is 0 Å². The normalized spacial score (nSPS) is 21.5. The predicted molar refractivity (Wildman–Crippen MR) is 91.4 cm³/mol. The van der Waals surface area contributed by atoms with Crippen LogP contribution < -0.4 is 14.5 Å². The second-order valence-corrected chi connectivity index (χ2v) is 6.75. The molecule has 24 heavy (non-hydrogen) atoms. The molecule has 2 aliphatic rings. The van der Waals surface area contributed by atoms with E-state index in [9.17, 15) is 9.59 Å². The average Bonchev–Trinajstić information content (AvgIpc) is 2.58. The van der Waals surface area contributed by atoms with Crippen molar-refractivity contribution in [3.63, 3.8) is 0 Å². The highest BCUT2D eigenvalue weighted by Crippen LogP contribution is 2.35. The molecule has 1 aromatic rings. The summed E-state index contributed by atoms with van der Waals surface area (Å²) in [4.78, 5) is 30.3. The molecule has 1 saturated heterocycles. The first-order valence-corrected chi connectivity index (χ1v) is 8.67. The molecule has 1 N–H and O–H groups in total. The molecule has 0 saturated carbocycles. The minimum atomic E-state index is -0.509. The maximum absolute atomic E-state index is 12.7. The van der Waals surface area contributed by atoms with Gasteiger partial charge in [-0.3, -0.25) is 14.5 Å². The Morgan fingerprint density at radius 1 is 1.33 bits per heavy atom. The van der Waals surface area contributed by atoms with Gasteiger partial charge in [0, 0.05) is 0 Å². The van der Waals surface area contributed by atoms with Crippen LogP contribution in [-0.4, -0.2) is 62.6 Å². The van der Waals surface area contributed by atoms with Crippen molar-refractivity contribution in [3.8, 4) is 5.75 Å². The fourth-order valence-corrected chi connectivity index (χ4v) is 3.23. The molecular formula is C18H26N3O3+. The molecule has 2 heterocycles. The molecule has 1 atom stereocenters. The highest BCUT2D eigenvalue weighted by atomic mass is 16.5. The second-order valence-electron chi connectivity index (χ2n) is 6.75. The van der Waals surface area contributed by atoms with Crippen LogP contribution in [0.1, 0.15) is 18.9 Å². The number of fused-ring (bicyclic) bond motifs is 1. The number of likely N-dealkylation sites (N-methyl/N-ethyl adjacent to an activating group) is 1. The summed E-state index contributed by atoms with van der Waals surface area (Å²) in [5.41, 5.74) is 1.75. The number of aryl methyl sites for hydroxylation is 1. The number of anilines is 1. The minimum Gasteiger partial charge on any atom is -0.478 e. The Kier molecular flexibility index (Phi) is 4.76. The summed E-state index contributed by atoms with van der Waals surface area (Å²) in [6.07, 6.45) is 0.0827. The lowest BCUT2D eigenvalue weighted by atomic mass is 10.1. The lowest BCUT2D eigenvalue weighted by molar-refractivity contribution is -0.883. The summed E-state index contributed by atoms with van der Waals surface area (Å²) in [5, 5.41) is 0. The third kappa shape index (κ3) is 3.24. The van der Waals surface area contributed by atoms with Gasteiger partial charge in [0.1, 0.15) is 12.3 Å². The van der Waals surface area contributed by atoms with Crippen LogP contribution in [0.3, 0.4) is 0 Å². The van der Waals surface area contributed by atoms with Gasteiger partial charge in [-0.15, -0.1) is 0 Å². The Bertz CT molecular complexity index is 638. The van der Waals surface area contributed by atoms with Crippen LogP contribution in [0.15, 0.2) is 18.2 Å². The van der Waals surface area contributed by atoms with Crippen LogP contribution in [-0.2, 0) is 9.59 Å². The number of quaternary nitrogens is 1. The van der Waals surface area contributed by atoms with Gasteiger partial charge in [-0.05, 0) is 31.0 Å². The van der Waals surface area contributed by atoms with Crippen molar-refractivity contribution in [1.29, 1.82) is 0 Å². The predicted octanol–water partition coefficient (Wildman–Crippen LogP) is -0.144. The number of benzene rings is 1. The minimum absolute atomic E-state index is 0.0139. The Balaban J connectivity index is 1.81. The van der Waals surface area contributed by atoms with Crippen LogP contribution >= 0.6 is 0 Å². The molecule has 0 bridgehead atoms. The van der Waals surface area contributed by atoms with E-state index < -0.39 is 6.10 Å². The molecule has 0 aromatic heterocycles. The van der Waals surface area contributed by atoms with E-state index in [0.29, 0.717) is 17.9 Å². The van der Waals surface area contributed by atoms with Crippen LogP contribution in [0.4, 0.5) is 5.69 Å². The van der Waals surface area contributed by atoms with Crippen LogP contribution in [0.5, 0.6) is 5.75 Å². The lowest BCUT2D eigenvalue weighted by Gasteiger charge is -2.36. The van der Waals surface area contributed by atoms with Gasteiger partial charge in [0.2, 0.25) is 5.91 Å². The Hall–Kier alpha value is -2.08.